The number of amides is 5. The van der Waals surface area contributed by atoms with Crippen molar-refractivity contribution >= 4 is 58.2 Å². The second-order valence-electron chi connectivity index (χ2n) is 21.1. The molecule has 18 heteroatoms. The van der Waals surface area contributed by atoms with E-state index in [4.69, 9.17) is 14.7 Å². The third kappa shape index (κ3) is 8.23. The Labute approximate surface area is 418 Å². The number of pyridine rings is 3. The molecule has 1 unspecified atom stereocenters. The van der Waals surface area contributed by atoms with Gasteiger partial charge >= 0.3 is 0 Å². The van der Waals surface area contributed by atoms with Crippen LogP contribution in [0, 0.1) is 5.41 Å². The summed E-state index contributed by atoms with van der Waals surface area (Å²) in [6.45, 7) is 15.2. The summed E-state index contributed by atoms with van der Waals surface area (Å²) in [5.74, 6) is -0.703. The van der Waals surface area contributed by atoms with E-state index in [1.165, 1.54) is 11.3 Å². The molecule has 72 heavy (non-hydrogen) atoms. The van der Waals surface area contributed by atoms with E-state index in [9.17, 15) is 29.1 Å². The van der Waals surface area contributed by atoms with Gasteiger partial charge in [0.2, 0.25) is 17.7 Å². The number of rotatable bonds is 10. The van der Waals surface area contributed by atoms with E-state index >= 15 is 0 Å². The maximum atomic E-state index is 14.1. The standard InChI is InChI=1S/C54H61N11O7/c1-30-21-35(14-16-61(30)36-7-9-39-40(24-36)52(70)65(51(39)69)42-10-12-46(67)59-49(42)68)60-17-18-62(31(2)29-60)37-8-11-45(56-28-37)58-41-22-34(27-57-50(41)72-6)38-13-15-55-48(47(38)32(3)66)64-20-19-63-43(53(64)71)23-33-25-54(4,5)26-44(33)63/h7-9,11,13,15,22-24,27-28,30-32,35,42,66H,10,12,14,16-21,25-26,29H2,1-6H3,(H,56,58)(H,59,67,68)/t30-,31-,32+,35?,42-/m0/s1. The number of carbonyl (C=O) groups is 5. The number of aromatic nitrogens is 4. The van der Waals surface area contributed by atoms with Crippen LogP contribution in [0.5, 0.6) is 5.88 Å². The van der Waals surface area contributed by atoms with E-state index in [1.807, 2.05) is 36.5 Å². The molecule has 0 radical (unpaired) electrons. The highest BCUT2D eigenvalue weighted by atomic mass is 16.5. The Morgan fingerprint density at radius 3 is 2.33 bits per heavy atom. The van der Waals surface area contributed by atoms with Crippen LogP contribution in [-0.4, -0.2) is 128 Å². The Kier molecular flexibility index (Phi) is 11.9. The third-order valence-corrected chi connectivity index (χ3v) is 15.7. The molecule has 5 atom stereocenters. The zero-order chi connectivity index (χ0) is 50.3. The van der Waals surface area contributed by atoms with Crippen LogP contribution in [0.25, 0.3) is 11.1 Å². The Hall–Kier alpha value is -7.18. The molecule has 11 rings (SSSR count). The van der Waals surface area contributed by atoms with Crippen LogP contribution in [0.15, 0.2) is 67.1 Å². The average Bonchev–Trinajstić information content (AvgIpc) is 3.95. The minimum absolute atomic E-state index is 0.0796. The number of ether oxygens (including phenoxy) is 1. The van der Waals surface area contributed by atoms with Crippen molar-refractivity contribution in [3.63, 3.8) is 0 Å². The monoisotopic (exact) mass is 975 g/mol. The van der Waals surface area contributed by atoms with E-state index in [2.05, 4.69) is 68.6 Å². The summed E-state index contributed by atoms with van der Waals surface area (Å²) < 4.78 is 7.87. The number of nitrogens with one attached hydrogen (secondary N) is 2. The number of hydrogen-bond acceptors (Lipinski definition) is 14. The lowest BCUT2D eigenvalue weighted by Gasteiger charge is -2.48. The summed E-state index contributed by atoms with van der Waals surface area (Å²) in [4.78, 5) is 89.5. The molecule has 3 N–H and O–H groups in total. The molecular weight excluding hydrogens is 915 g/mol. The molecule has 18 nitrogen and oxygen atoms in total. The van der Waals surface area contributed by atoms with Crippen molar-refractivity contribution < 1.29 is 33.8 Å². The molecule has 0 spiro atoms. The van der Waals surface area contributed by atoms with Crippen molar-refractivity contribution in [2.24, 2.45) is 5.41 Å². The van der Waals surface area contributed by atoms with Crippen molar-refractivity contribution in [3.05, 3.63) is 101 Å². The van der Waals surface area contributed by atoms with Crippen LogP contribution >= 0.6 is 0 Å². The number of methoxy groups -OCH3 is 1. The summed E-state index contributed by atoms with van der Waals surface area (Å²) in [7, 11) is 1.57. The van der Waals surface area contributed by atoms with Gasteiger partial charge in [0.25, 0.3) is 17.7 Å². The summed E-state index contributed by atoms with van der Waals surface area (Å²) in [5, 5.41) is 17.0. The Bertz CT molecular complexity index is 3040. The lowest BCUT2D eigenvalue weighted by atomic mass is 9.90. The van der Waals surface area contributed by atoms with E-state index in [0.29, 0.717) is 70.3 Å². The summed E-state index contributed by atoms with van der Waals surface area (Å²) in [5.41, 5.74) is 8.38. The van der Waals surface area contributed by atoms with Crippen molar-refractivity contribution in [2.45, 2.75) is 110 Å². The van der Waals surface area contributed by atoms with Gasteiger partial charge in [0, 0.05) is 98.7 Å². The molecule has 374 valence electrons. The number of benzene rings is 1. The molecule has 0 saturated carbocycles. The summed E-state index contributed by atoms with van der Waals surface area (Å²) in [6, 6.07) is 15.0. The molecular formula is C54H61N11O7. The van der Waals surface area contributed by atoms with Crippen LogP contribution in [0.1, 0.15) is 114 Å². The van der Waals surface area contributed by atoms with E-state index in [1.54, 1.807) is 43.5 Å². The average molecular weight is 976 g/mol. The van der Waals surface area contributed by atoms with E-state index < -0.39 is 35.8 Å². The fourth-order valence-corrected chi connectivity index (χ4v) is 12.3. The number of aliphatic hydroxyl groups is 1. The number of carbonyl (C=O) groups excluding carboxylic acids is 5. The fraction of sp³-hybridized carbons (Fsp3) is 0.444. The van der Waals surface area contributed by atoms with Gasteiger partial charge in [0.15, 0.2) is 0 Å². The molecule has 5 aliphatic heterocycles. The SMILES string of the molecule is COc1ncc(-c2ccnc(N3CCn4c(cc5c4CC(C)(C)C5)C3=O)c2[C@@H](C)O)cc1Nc1ccc(N2CCN(C3CCN(c4ccc5c(c4)C(=O)N([C@H]4CCC(=O)NC4=O)C5=O)[C@@H](C)C3)C[C@@H]2C)cn1. The summed E-state index contributed by atoms with van der Waals surface area (Å²) >= 11 is 0. The number of fused-ring (bicyclic) bond motifs is 4. The van der Waals surface area contributed by atoms with Crippen LogP contribution in [0.4, 0.5) is 28.7 Å². The minimum atomic E-state index is -0.994. The molecule has 9 heterocycles. The highest BCUT2D eigenvalue weighted by Crippen LogP contribution is 2.42. The van der Waals surface area contributed by atoms with Crippen LogP contribution in [0.3, 0.4) is 0 Å². The first-order valence-electron chi connectivity index (χ1n) is 25.2. The first-order valence-corrected chi connectivity index (χ1v) is 25.2. The zero-order valence-electron chi connectivity index (χ0n) is 41.6. The predicted molar refractivity (Wildman–Crippen MR) is 271 cm³/mol. The van der Waals surface area contributed by atoms with Gasteiger partial charge in [0.05, 0.1) is 36.2 Å². The van der Waals surface area contributed by atoms with Crippen LogP contribution in [-0.2, 0) is 29.0 Å². The van der Waals surface area contributed by atoms with Crippen molar-refractivity contribution in [3.8, 4) is 17.0 Å². The quantitative estimate of drug-likeness (QED) is 0.140. The lowest BCUT2D eigenvalue weighted by molar-refractivity contribution is -0.136. The fourth-order valence-electron chi connectivity index (χ4n) is 12.3. The van der Waals surface area contributed by atoms with Gasteiger partial charge in [0.1, 0.15) is 29.1 Å². The Morgan fingerprint density at radius 1 is 0.806 bits per heavy atom. The van der Waals surface area contributed by atoms with Gasteiger partial charge in [-0.2, -0.15) is 0 Å². The molecule has 5 aromatic rings. The number of nitrogens with zero attached hydrogens (tertiary/aromatic N) is 9. The lowest BCUT2D eigenvalue weighted by Crippen LogP contribution is -2.58. The molecule has 1 aliphatic carbocycles. The largest absolute Gasteiger partial charge is 0.480 e. The second-order valence-corrected chi connectivity index (χ2v) is 21.1. The first kappa shape index (κ1) is 47.2. The maximum absolute atomic E-state index is 14.1. The second kappa shape index (κ2) is 18.1. The maximum Gasteiger partial charge on any atom is 0.276 e. The number of piperidine rings is 2. The van der Waals surface area contributed by atoms with Crippen molar-refractivity contribution in [2.75, 3.05) is 59.9 Å². The van der Waals surface area contributed by atoms with E-state index in [0.717, 1.165) is 68.1 Å². The normalized spacial score (nSPS) is 23.5. The smallest absolute Gasteiger partial charge is 0.276 e. The van der Waals surface area contributed by atoms with Gasteiger partial charge < -0.3 is 29.5 Å². The number of aliphatic hydroxyl groups excluding tert-OH is 1. The topological polar surface area (TPSA) is 199 Å². The Morgan fingerprint density at radius 2 is 1.60 bits per heavy atom. The van der Waals surface area contributed by atoms with Gasteiger partial charge in [-0.1, -0.05) is 13.8 Å². The van der Waals surface area contributed by atoms with Gasteiger partial charge in [-0.05, 0) is 118 Å². The molecule has 3 saturated heterocycles. The third-order valence-electron chi connectivity index (χ3n) is 15.7. The first-order chi connectivity index (χ1) is 34.6. The van der Waals surface area contributed by atoms with Crippen LogP contribution < -0.4 is 30.1 Å². The zero-order valence-corrected chi connectivity index (χ0v) is 41.6. The Balaban J connectivity index is 0.731. The minimum Gasteiger partial charge on any atom is -0.480 e. The molecule has 4 aromatic heterocycles. The summed E-state index contributed by atoms with van der Waals surface area (Å²) in [6.07, 6.45) is 8.32. The van der Waals surface area contributed by atoms with Gasteiger partial charge in [-0.3, -0.25) is 44.0 Å². The van der Waals surface area contributed by atoms with Gasteiger partial charge in [-0.25, -0.2) is 15.0 Å². The highest BCUT2D eigenvalue weighted by molar-refractivity contribution is 6.23. The predicted octanol–water partition coefficient (Wildman–Crippen LogP) is 5.90. The van der Waals surface area contributed by atoms with Crippen molar-refractivity contribution in [1.82, 2.24) is 34.6 Å². The van der Waals surface area contributed by atoms with Crippen LogP contribution in [0.2, 0.25) is 0 Å². The van der Waals surface area contributed by atoms with Crippen molar-refractivity contribution in [1.29, 1.82) is 0 Å². The number of hydrogen-bond donors (Lipinski definition) is 3. The van der Waals surface area contributed by atoms with E-state index in [-0.39, 0.29) is 41.8 Å². The molecule has 1 aromatic carbocycles. The molecule has 0 bridgehead atoms. The number of piperazine rings is 1. The molecule has 5 amide bonds. The molecule has 3 fully saturated rings. The highest BCUT2D eigenvalue weighted by Gasteiger charge is 2.45. The number of anilines is 5. The van der Waals surface area contributed by atoms with Gasteiger partial charge in [-0.15, -0.1) is 0 Å². The molecule has 6 aliphatic rings. The number of imide groups is 2.